The second-order valence-electron chi connectivity index (χ2n) is 2.90. The molecule has 80 valence electrons. The van der Waals surface area contributed by atoms with Gasteiger partial charge in [0.15, 0.2) is 0 Å². The van der Waals surface area contributed by atoms with Gasteiger partial charge >= 0.3 is 5.97 Å². The molecule has 0 radical (unpaired) electrons. The molecule has 0 aromatic heterocycles. The molecule has 1 aromatic rings. The van der Waals surface area contributed by atoms with Crippen LogP contribution in [0.5, 0.6) is 5.75 Å². The fraction of sp³-hybridized carbons (Fsp3) is 0.222. The lowest BCUT2D eigenvalue weighted by atomic mass is 10.1. The molecule has 0 aliphatic carbocycles. The summed E-state index contributed by atoms with van der Waals surface area (Å²) in [5.74, 6) is -1.19. The topological polar surface area (TPSA) is 89.7 Å². The summed E-state index contributed by atoms with van der Waals surface area (Å²) in [5, 5.41) is 19.9. The molecule has 1 N–H and O–H groups in total. The number of methoxy groups -OCH3 is 1. The number of phenolic OH excluding ortho intramolecular Hbond substituents is 1. The Morgan fingerprint density at radius 3 is 2.60 bits per heavy atom. The van der Waals surface area contributed by atoms with Crippen molar-refractivity contribution in [2.45, 2.75) is 6.92 Å². The average Bonchev–Trinajstić information content (AvgIpc) is 2.19. The molecular weight excluding hydrogens is 202 g/mol. The zero-order valence-electron chi connectivity index (χ0n) is 8.18. The Kier molecular flexibility index (Phi) is 2.89. The van der Waals surface area contributed by atoms with E-state index in [-0.39, 0.29) is 11.3 Å². The lowest BCUT2D eigenvalue weighted by molar-refractivity contribution is -0.385. The fourth-order valence-corrected chi connectivity index (χ4v) is 1.16. The fourth-order valence-electron chi connectivity index (χ4n) is 1.16. The first kappa shape index (κ1) is 11.0. The molecule has 1 rings (SSSR count). The third-order valence-corrected chi connectivity index (χ3v) is 1.92. The summed E-state index contributed by atoms with van der Waals surface area (Å²) in [5.41, 5.74) is -0.0287. The molecule has 1 aromatic carbocycles. The van der Waals surface area contributed by atoms with Crippen LogP contribution in [0.4, 0.5) is 5.69 Å². The highest BCUT2D eigenvalue weighted by atomic mass is 16.6. The third-order valence-electron chi connectivity index (χ3n) is 1.92. The molecule has 0 aliphatic rings. The van der Waals surface area contributed by atoms with Gasteiger partial charge in [0, 0.05) is 5.56 Å². The number of nitro benzene ring substituents is 1. The molecule has 0 saturated carbocycles. The monoisotopic (exact) mass is 211 g/mol. The standard InChI is InChI=1S/C9H9NO5/c1-5-3-6(9(12)15-2)8(11)4-7(5)10(13)14/h3-4,11H,1-2H3. The van der Waals surface area contributed by atoms with Crippen LogP contribution < -0.4 is 0 Å². The smallest absolute Gasteiger partial charge is 0.341 e. The number of aromatic hydroxyl groups is 1. The van der Waals surface area contributed by atoms with Crippen molar-refractivity contribution in [3.63, 3.8) is 0 Å². The lowest BCUT2D eigenvalue weighted by Crippen LogP contribution is -2.03. The third kappa shape index (κ3) is 2.04. The van der Waals surface area contributed by atoms with Crippen molar-refractivity contribution in [3.8, 4) is 5.75 Å². The van der Waals surface area contributed by atoms with Crippen LogP contribution in [0.25, 0.3) is 0 Å². The zero-order chi connectivity index (χ0) is 11.6. The van der Waals surface area contributed by atoms with E-state index in [9.17, 15) is 20.0 Å². The Morgan fingerprint density at radius 1 is 1.53 bits per heavy atom. The number of esters is 1. The summed E-state index contributed by atoms with van der Waals surface area (Å²) < 4.78 is 4.40. The Labute approximate surface area is 85.2 Å². The molecule has 0 unspecified atom stereocenters. The molecule has 0 bridgehead atoms. The van der Waals surface area contributed by atoms with E-state index in [1.54, 1.807) is 0 Å². The minimum absolute atomic E-state index is 0.0828. The van der Waals surface area contributed by atoms with Gasteiger partial charge in [-0.15, -0.1) is 0 Å². The number of carbonyl (C=O) groups is 1. The van der Waals surface area contributed by atoms with Crippen molar-refractivity contribution in [1.29, 1.82) is 0 Å². The van der Waals surface area contributed by atoms with E-state index in [2.05, 4.69) is 4.74 Å². The van der Waals surface area contributed by atoms with Gasteiger partial charge in [-0.05, 0) is 13.0 Å². The molecule has 6 heteroatoms. The summed E-state index contributed by atoms with van der Waals surface area (Å²) in [6.07, 6.45) is 0. The molecule has 0 aliphatic heterocycles. The number of carbonyl (C=O) groups excluding carboxylic acids is 1. The first-order valence-corrected chi connectivity index (χ1v) is 4.03. The molecule has 0 amide bonds. The molecule has 0 atom stereocenters. The number of aryl methyl sites for hydroxylation is 1. The summed E-state index contributed by atoms with van der Waals surface area (Å²) in [4.78, 5) is 21.0. The molecule has 0 spiro atoms. The van der Waals surface area contributed by atoms with Crippen LogP contribution in [0.15, 0.2) is 12.1 Å². The van der Waals surface area contributed by atoms with Gasteiger partial charge in [0.25, 0.3) is 5.69 Å². The van der Waals surface area contributed by atoms with Crippen molar-refractivity contribution in [3.05, 3.63) is 33.4 Å². The van der Waals surface area contributed by atoms with E-state index < -0.39 is 16.6 Å². The van der Waals surface area contributed by atoms with E-state index in [1.165, 1.54) is 20.1 Å². The largest absolute Gasteiger partial charge is 0.507 e. The van der Waals surface area contributed by atoms with Gasteiger partial charge in [-0.3, -0.25) is 10.1 Å². The first-order valence-electron chi connectivity index (χ1n) is 4.03. The van der Waals surface area contributed by atoms with Crippen molar-refractivity contribution in [2.24, 2.45) is 0 Å². The number of benzene rings is 1. The Balaban J connectivity index is 3.31. The number of rotatable bonds is 2. The van der Waals surface area contributed by atoms with Crippen molar-refractivity contribution < 1.29 is 19.6 Å². The number of hydrogen-bond acceptors (Lipinski definition) is 5. The Morgan fingerprint density at radius 2 is 2.13 bits per heavy atom. The number of nitro groups is 1. The average molecular weight is 211 g/mol. The molecular formula is C9H9NO5. The van der Waals surface area contributed by atoms with E-state index in [4.69, 9.17) is 0 Å². The van der Waals surface area contributed by atoms with Gasteiger partial charge in [-0.2, -0.15) is 0 Å². The maximum Gasteiger partial charge on any atom is 0.341 e. The lowest BCUT2D eigenvalue weighted by Gasteiger charge is -2.04. The van der Waals surface area contributed by atoms with Gasteiger partial charge < -0.3 is 9.84 Å². The maximum atomic E-state index is 11.1. The number of ether oxygens (including phenoxy) is 1. The second-order valence-corrected chi connectivity index (χ2v) is 2.90. The van der Waals surface area contributed by atoms with Crippen LogP contribution >= 0.6 is 0 Å². The number of hydrogen-bond donors (Lipinski definition) is 1. The SMILES string of the molecule is COC(=O)c1cc(C)c([N+](=O)[O-])cc1O. The highest BCUT2D eigenvalue weighted by molar-refractivity contribution is 5.93. The molecule has 15 heavy (non-hydrogen) atoms. The van der Waals surface area contributed by atoms with Gasteiger partial charge in [0.05, 0.1) is 18.1 Å². The van der Waals surface area contributed by atoms with Gasteiger partial charge in [-0.1, -0.05) is 0 Å². The highest BCUT2D eigenvalue weighted by Crippen LogP contribution is 2.27. The number of phenols is 1. The highest BCUT2D eigenvalue weighted by Gasteiger charge is 2.19. The van der Waals surface area contributed by atoms with Crippen LogP contribution in [0.3, 0.4) is 0 Å². The molecule has 0 fully saturated rings. The van der Waals surface area contributed by atoms with Gasteiger partial charge in [0.2, 0.25) is 0 Å². The molecule has 6 nitrogen and oxygen atoms in total. The van der Waals surface area contributed by atoms with Crippen LogP contribution in [0.2, 0.25) is 0 Å². The Hall–Kier alpha value is -2.11. The summed E-state index contributed by atoms with van der Waals surface area (Å²) >= 11 is 0. The van der Waals surface area contributed by atoms with E-state index in [1.807, 2.05) is 0 Å². The van der Waals surface area contributed by atoms with Gasteiger partial charge in [0.1, 0.15) is 11.3 Å². The second kappa shape index (κ2) is 3.95. The normalized spacial score (nSPS) is 9.73. The van der Waals surface area contributed by atoms with Crippen molar-refractivity contribution >= 4 is 11.7 Å². The predicted molar refractivity (Wildman–Crippen MR) is 50.8 cm³/mol. The Bertz CT molecular complexity index is 427. The van der Waals surface area contributed by atoms with E-state index >= 15 is 0 Å². The van der Waals surface area contributed by atoms with Gasteiger partial charge in [-0.25, -0.2) is 4.79 Å². The van der Waals surface area contributed by atoms with Crippen LogP contribution in [0.1, 0.15) is 15.9 Å². The van der Waals surface area contributed by atoms with Crippen LogP contribution in [0, 0.1) is 17.0 Å². The van der Waals surface area contributed by atoms with Crippen molar-refractivity contribution in [2.75, 3.05) is 7.11 Å². The predicted octanol–water partition coefficient (Wildman–Crippen LogP) is 1.40. The molecule has 0 heterocycles. The van der Waals surface area contributed by atoms with Crippen molar-refractivity contribution in [1.82, 2.24) is 0 Å². The first-order chi connectivity index (χ1) is 6.97. The maximum absolute atomic E-state index is 11.1. The zero-order valence-corrected chi connectivity index (χ0v) is 8.18. The quantitative estimate of drug-likeness (QED) is 0.453. The summed E-state index contributed by atoms with van der Waals surface area (Å²) in [7, 11) is 1.17. The summed E-state index contributed by atoms with van der Waals surface area (Å²) in [6.45, 7) is 1.48. The number of nitrogens with zero attached hydrogens (tertiary/aromatic N) is 1. The minimum Gasteiger partial charge on any atom is -0.507 e. The van der Waals surface area contributed by atoms with E-state index in [0.717, 1.165) is 6.07 Å². The van der Waals surface area contributed by atoms with Crippen LogP contribution in [-0.2, 0) is 4.74 Å². The summed E-state index contributed by atoms with van der Waals surface area (Å²) in [6, 6.07) is 2.15. The van der Waals surface area contributed by atoms with E-state index in [0.29, 0.717) is 5.56 Å². The van der Waals surface area contributed by atoms with Crippen LogP contribution in [-0.4, -0.2) is 23.1 Å². The minimum atomic E-state index is -0.731. The molecule has 0 saturated heterocycles.